The van der Waals surface area contributed by atoms with Gasteiger partial charge < -0.3 is 10.1 Å². The molecule has 0 fully saturated rings. The largest absolute Gasteiger partial charge is 0.454 e. The van der Waals surface area contributed by atoms with Gasteiger partial charge in [-0.05, 0) is 12.1 Å². The van der Waals surface area contributed by atoms with E-state index >= 15 is 0 Å². The van der Waals surface area contributed by atoms with Crippen molar-refractivity contribution in [1.82, 2.24) is 0 Å². The van der Waals surface area contributed by atoms with E-state index in [1.807, 2.05) is 0 Å². The fraction of sp³-hybridized carbons (Fsp3) is 0.125. The average molecular weight is 314 g/mol. The van der Waals surface area contributed by atoms with Crippen LogP contribution in [-0.2, 0) is 4.74 Å². The summed E-state index contributed by atoms with van der Waals surface area (Å²) < 4.78 is 4.92. The van der Waals surface area contributed by atoms with Crippen LogP contribution in [0, 0.1) is 10.1 Å². The molecule has 0 spiro atoms. The molecule has 0 bridgehead atoms. The van der Waals surface area contributed by atoms with Crippen molar-refractivity contribution in [3.63, 3.8) is 0 Å². The number of nitrogens with zero attached hydrogens (tertiary/aromatic N) is 1. The van der Waals surface area contributed by atoms with Crippen LogP contribution in [-0.4, -0.2) is 30.3 Å². The van der Waals surface area contributed by atoms with Crippen molar-refractivity contribution in [2.75, 3.05) is 19.0 Å². The van der Waals surface area contributed by atoms with Crippen molar-refractivity contribution < 1.29 is 19.2 Å². The molecule has 2 rings (SSSR count). The molecular weight excluding hydrogens is 300 g/mol. The van der Waals surface area contributed by atoms with Gasteiger partial charge in [0, 0.05) is 18.7 Å². The standard InChI is InChI=1S/C16H14N2O5/c1-17-13-8-7-12(9-14(13)18(21)22)16(20)23-10-15(19)11-5-3-2-4-6-11/h2-9,17H,10H2,1H3. The third-order valence-electron chi connectivity index (χ3n) is 3.13. The number of benzene rings is 2. The van der Waals surface area contributed by atoms with Crippen molar-refractivity contribution in [2.45, 2.75) is 0 Å². The number of nitrogens with one attached hydrogen (secondary N) is 1. The van der Waals surface area contributed by atoms with Gasteiger partial charge in [0.25, 0.3) is 5.69 Å². The van der Waals surface area contributed by atoms with Crippen LogP contribution in [0.5, 0.6) is 0 Å². The molecule has 0 amide bonds. The highest BCUT2D eigenvalue weighted by atomic mass is 16.6. The number of hydrogen-bond acceptors (Lipinski definition) is 6. The number of hydrogen-bond donors (Lipinski definition) is 1. The Balaban J connectivity index is 2.08. The molecule has 0 aliphatic carbocycles. The van der Waals surface area contributed by atoms with E-state index in [0.717, 1.165) is 6.07 Å². The molecule has 0 radical (unpaired) electrons. The molecule has 2 aromatic rings. The van der Waals surface area contributed by atoms with Crippen molar-refractivity contribution >= 4 is 23.1 Å². The van der Waals surface area contributed by atoms with Gasteiger partial charge in [-0.15, -0.1) is 0 Å². The normalized spacial score (nSPS) is 9.96. The molecule has 0 saturated heterocycles. The van der Waals surface area contributed by atoms with Crippen molar-refractivity contribution in [1.29, 1.82) is 0 Å². The van der Waals surface area contributed by atoms with E-state index in [-0.39, 0.29) is 22.7 Å². The van der Waals surface area contributed by atoms with Crippen LogP contribution in [0.4, 0.5) is 11.4 Å². The first-order chi connectivity index (χ1) is 11.0. The molecule has 0 aliphatic heterocycles. The van der Waals surface area contributed by atoms with Crippen molar-refractivity contribution in [3.05, 3.63) is 69.8 Å². The summed E-state index contributed by atoms with van der Waals surface area (Å²) in [6, 6.07) is 12.3. The number of rotatable bonds is 6. The van der Waals surface area contributed by atoms with E-state index in [1.165, 1.54) is 12.1 Å². The Bertz CT molecular complexity index is 743. The summed E-state index contributed by atoms with van der Waals surface area (Å²) in [6.45, 7) is -0.426. The quantitative estimate of drug-likeness (QED) is 0.381. The second kappa shape index (κ2) is 7.17. The minimum absolute atomic E-state index is 0.0107. The third-order valence-corrected chi connectivity index (χ3v) is 3.13. The van der Waals surface area contributed by atoms with Gasteiger partial charge in [0.1, 0.15) is 5.69 Å². The van der Waals surface area contributed by atoms with Gasteiger partial charge in [0.2, 0.25) is 0 Å². The number of nitro groups is 1. The second-order valence-electron chi connectivity index (χ2n) is 4.60. The summed E-state index contributed by atoms with van der Waals surface area (Å²) >= 11 is 0. The van der Waals surface area contributed by atoms with Crippen LogP contribution in [0.1, 0.15) is 20.7 Å². The van der Waals surface area contributed by atoms with Crippen LogP contribution >= 0.6 is 0 Å². The highest BCUT2D eigenvalue weighted by Gasteiger charge is 2.18. The van der Waals surface area contributed by atoms with Gasteiger partial charge in [0.15, 0.2) is 12.4 Å². The lowest BCUT2D eigenvalue weighted by atomic mass is 10.1. The SMILES string of the molecule is CNc1ccc(C(=O)OCC(=O)c2ccccc2)cc1[N+](=O)[O-]. The highest BCUT2D eigenvalue weighted by Crippen LogP contribution is 2.25. The molecule has 7 nitrogen and oxygen atoms in total. The predicted molar refractivity (Wildman–Crippen MR) is 83.7 cm³/mol. The highest BCUT2D eigenvalue weighted by molar-refractivity contribution is 5.99. The van der Waals surface area contributed by atoms with E-state index in [9.17, 15) is 19.7 Å². The Hall–Kier alpha value is -3.22. The summed E-state index contributed by atoms with van der Waals surface area (Å²) in [7, 11) is 1.54. The third kappa shape index (κ3) is 3.91. The summed E-state index contributed by atoms with van der Waals surface area (Å²) in [5.41, 5.74) is 0.483. The van der Waals surface area contributed by atoms with Crippen molar-refractivity contribution in [3.8, 4) is 0 Å². The summed E-state index contributed by atoms with van der Waals surface area (Å²) in [5.74, 6) is -1.14. The lowest BCUT2D eigenvalue weighted by Crippen LogP contribution is -2.14. The van der Waals surface area contributed by atoms with E-state index in [2.05, 4.69) is 5.32 Å². The first-order valence-electron chi connectivity index (χ1n) is 6.74. The molecule has 0 aliphatic rings. The molecule has 0 aromatic heterocycles. The van der Waals surface area contributed by atoms with Gasteiger partial charge in [0.05, 0.1) is 10.5 Å². The Morgan fingerprint density at radius 3 is 2.43 bits per heavy atom. The zero-order chi connectivity index (χ0) is 16.8. The molecule has 1 N–H and O–H groups in total. The number of carbonyl (C=O) groups excluding carboxylic acids is 2. The lowest BCUT2D eigenvalue weighted by Gasteiger charge is -2.06. The topological polar surface area (TPSA) is 98.5 Å². The van der Waals surface area contributed by atoms with Gasteiger partial charge in [-0.25, -0.2) is 4.79 Å². The van der Waals surface area contributed by atoms with Crippen LogP contribution in [0.25, 0.3) is 0 Å². The molecule has 0 heterocycles. The molecule has 118 valence electrons. The first-order valence-corrected chi connectivity index (χ1v) is 6.74. The molecule has 23 heavy (non-hydrogen) atoms. The minimum atomic E-state index is -0.792. The van der Waals surface area contributed by atoms with Crippen LogP contribution in [0.3, 0.4) is 0 Å². The zero-order valence-electron chi connectivity index (χ0n) is 12.3. The Labute approximate surface area is 132 Å². The van der Waals surface area contributed by atoms with Gasteiger partial charge in [-0.3, -0.25) is 14.9 Å². The Kier molecular flexibility index (Phi) is 5.03. The Morgan fingerprint density at radius 1 is 1.13 bits per heavy atom. The predicted octanol–water partition coefficient (Wildman–Crippen LogP) is 2.68. The maximum atomic E-state index is 11.9. The molecule has 0 unspecified atom stereocenters. The summed E-state index contributed by atoms with van der Waals surface area (Å²) in [4.78, 5) is 34.2. The smallest absolute Gasteiger partial charge is 0.338 e. The Morgan fingerprint density at radius 2 is 1.83 bits per heavy atom. The number of ketones is 1. The maximum Gasteiger partial charge on any atom is 0.338 e. The van der Waals surface area contributed by atoms with E-state index < -0.39 is 17.5 Å². The molecular formula is C16H14N2O5. The average Bonchev–Trinajstić information content (AvgIpc) is 2.59. The van der Waals surface area contributed by atoms with E-state index in [0.29, 0.717) is 5.56 Å². The van der Waals surface area contributed by atoms with E-state index in [4.69, 9.17) is 4.74 Å². The maximum absolute atomic E-state index is 11.9. The summed E-state index contributed by atoms with van der Waals surface area (Å²) in [6.07, 6.45) is 0. The summed E-state index contributed by atoms with van der Waals surface area (Å²) in [5, 5.41) is 13.6. The monoisotopic (exact) mass is 314 g/mol. The molecule has 7 heteroatoms. The number of nitro benzene ring substituents is 1. The van der Waals surface area contributed by atoms with Crippen LogP contribution in [0.15, 0.2) is 48.5 Å². The van der Waals surface area contributed by atoms with Gasteiger partial charge >= 0.3 is 5.97 Å². The lowest BCUT2D eigenvalue weighted by molar-refractivity contribution is -0.384. The number of esters is 1. The fourth-order valence-corrected chi connectivity index (χ4v) is 1.94. The van der Waals surface area contributed by atoms with Gasteiger partial charge in [-0.2, -0.15) is 0 Å². The van der Waals surface area contributed by atoms with Crippen LogP contribution in [0.2, 0.25) is 0 Å². The number of carbonyl (C=O) groups is 2. The fourth-order valence-electron chi connectivity index (χ4n) is 1.94. The second-order valence-corrected chi connectivity index (χ2v) is 4.60. The zero-order valence-corrected chi connectivity index (χ0v) is 12.3. The minimum Gasteiger partial charge on any atom is -0.454 e. The molecule has 2 aromatic carbocycles. The molecule has 0 atom stereocenters. The number of anilines is 1. The van der Waals surface area contributed by atoms with Gasteiger partial charge in [-0.1, -0.05) is 30.3 Å². The first kappa shape index (κ1) is 16.2. The van der Waals surface area contributed by atoms with Crippen LogP contribution < -0.4 is 5.32 Å². The molecule has 0 saturated carbocycles. The number of Topliss-reactive ketones (excluding diaryl/α,β-unsaturated/α-hetero) is 1. The number of ether oxygens (including phenoxy) is 1. The van der Waals surface area contributed by atoms with E-state index in [1.54, 1.807) is 37.4 Å². The van der Waals surface area contributed by atoms with Crippen molar-refractivity contribution in [2.24, 2.45) is 0 Å².